The average Bonchev–Trinajstić information content (AvgIpc) is 2.46. The lowest BCUT2D eigenvalue weighted by molar-refractivity contribution is 0.159. The molecular weight excluding hydrogens is 260 g/mol. The highest BCUT2D eigenvalue weighted by Gasteiger charge is 2.20. The van der Waals surface area contributed by atoms with E-state index < -0.39 is 0 Å². The van der Waals surface area contributed by atoms with Crippen molar-refractivity contribution in [3.05, 3.63) is 42.0 Å². The van der Waals surface area contributed by atoms with Gasteiger partial charge >= 0.3 is 0 Å². The van der Waals surface area contributed by atoms with E-state index in [0.29, 0.717) is 5.92 Å². The summed E-state index contributed by atoms with van der Waals surface area (Å²) in [6.45, 7) is 2.14. The summed E-state index contributed by atoms with van der Waals surface area (Å²) in [6.07, 6.45) is 3.00. The molecule has 1 nitrogen and oxygen atoms in total. The van der Waals surface area contributed by atoms with Crippen molar-refractivity contribution in [1.29, 1.82) is 0 Å². The van der Waals surface area contributed by atoms with Crippen LogP contribution in [0.25, 0.3) is 0 Å². The Bertz CT molecular complexity index is 389. The lowest BCUT2D eigenvalue weighted by atomic mass is 9.97. The summed E-state index contributed by atoms with van der Waals surface area (Å²) in [7, 11) is 0. The van der Waals surface area contributed by atoms with Crippen LogP contribution in [0.15, 0.2) is 46.9 Å². The zero-order chi connectivity index (χ0) is 12.8. The smallest absolute Gasteiger partial charge is 0.0784 e. The molecule has 1 aromatic carbocycles. The van der Waals surface area contributed by atoms with Gasteiger partial charge < -0.3 is 5.11 Å². The van der Waals surface area contributed by atoms with E-state index in [4.69, 9.17) is 0 Å². The summed E-state index contributed by atoms with van der Waals surface area (Å²) >= 11 is 3.77. The molecule has 1 N–H and O–H groups in total. The third-order valence-electron chi connectivity index (χ3n) is 3.17. The molecule has 0 radical (unpaired) electrons. The van der Waals surface area contributed by atoms with E-state index >= 15 is 0 Å². The maximum absolute atomic E-state index is 10.3. The SMILES string of the molecule is C[C@@H](CSc1ccccc1)[C@H](O)C1=CCSCC1. The molecule has 0 spiro atoms. The van der Waals surface area contributed by atoms with Crippen molar-refractivity contribution in [2.24, 2.45) is 5.92 Å². The van der Waals surface area contributed by atoms with Crippen LogP contribution in [-0.2, 0) is 0 Å². The van der Waals surface area contributed by atoms with E-state index in [-0.39, 0.29) is 6.10 Å². The van der Waals surface area contributed by atoms with Crippen LogP contribution in [0.3, 0.4) is 0 Å². The number of aliphatic hydroxyl groups is 1. The van der Waals surface area contributed by atoms with Crippen molar-refractivity contribution >= 4 is 23.5 Å². The molecule has 2 atom stereocenters. The lowest BCUT2D eigenvalue weighted by Gasteiger charge is -2.23. The molecule has 0 amide bonds. The zero-order valence-corrected chi connectivity index (χ0v) is 12.3. The Hall–Kier alpha value is -0.380. The summed E-state index contributed by atoms with van der Waals surface area (Å²) in [4.78, 5) is 1.28. The minimum absolute atomic E-state index is 0.262. The van der Waals surface area contributed by atoms with Crippen molar-refractivity contribution in [3.63, 3.8) is 0 Å². The second-order valence-corrected chi connectivity index (χ2v) is 6.89. The molecule has 0 aliphatic carbocycles. The number of hydrogen-bond acceptors (Lipinski definition) is 3. The number of hydrogen-bond donors (Lipinski definition) is 1. The quantitative estimate of drug-likeness (QED) is 0.654. The van der Waals surface area contributed by atoms with Crippen LogP contribution in [0.1, 0.15) is 13.3 Å². The molecule has 3 heteroatoms. The summed E-state index contributed by atoms with van der Waals surface area (Å²) in [5.41, 5.74) is 1.25. The third kappa shape index (κ3) is 4.08. The highest BCUT2D eigenvalue weighted by atomic mass is 32.2. The standard InChI is InChI=1S/C15H20OS2/c1-12(11-18-14-5-3-2-4-6-14)15(16)13-7-9-17-10-8-13/h2-7,12,15-16H,8-11H2,1H3/t12-,15-/m0/s1. The predicted molar refractivity (Wildman–Crippen MR) is 82.4 cm³/mol. The molecule has 0 saturated carbocycles. The Morgan fingerprint density at radius 1 is 1.33 bits per heavy atom. The van der Waals surface area contributed by atoms with Gasteiger partial charge in [-0.25, -0.2) is 0 Å². The van der Waals surface area contributed by atoms with Gasteiger partial charge in [-0.15, -0.1) is 11.8 Å². The van der Waals surface area contributed by atoms with E-state index in [1.807, 2.05) is 29.6 Å². The van der Waals surface area contributed by atoms with Crippen LogP contribution in [0, 0.1) is 5.92 Å². The normalized spacial score (nSPS) is 19.1. The van der Waals surface area contributed by atoms with Crippen molar-refractivity contribution < 1.29 is 5.11 Å². The first-order chi connectivity index (χ1) is 8.77. The zero-order valence-electron chi connectivity index (χ0n) is 10.7. The summed E-state index contributed by atoms with van der Waals surface area (Å²) in [5, 5.41) is 10.3. The van der Waals surface area contributed by atoms with Crippen LogP contribution in [0.4, 0.5) is 0 Å². The van der Waals surface area contributed by atoms with Crippen molar-refractivity contribution in [3.8, 4) is 0 Å². The molecule has 0 fully saturated rings. The molecule has 0 bridgehead atoms. The molecule has 0 unspecified atom stereocenters. The minimum atomic E-state index is -0.262. The first-order valence-electron chi connectivity index (χ1n) is 6.40. The Balaban J connectivity index is 1.84. The molecule has 2 rings (SSSR count). The Kier molecular flexibility index (Phi) is 5.67. The second kappa shape index (κ2) is 7.27. The molecule has 0 aromatic heterocycles. The topological polar surface area (TPSA) is 20.2 Å². The maximum Gasteiger partial charge on any atom is 0.0784 e. The van der Waals surface area contributed by atoms with Crippen LogP contribution in [-0.4, -0.2) is 28.5 Å². The number of thioether (sulfide) groups is 2. The van der Waals surface area contributed by atoms with E-state index in [2.05, 4.69) is 37.3 Å². The monoisotopic (exact) mass is 280 g/mol. The van der Waals surface area contributed by atoms with Crippen LogP contribution >= 0.6 is 23.5 Å². The van der Waals surface area contributed by atoms with Gasteiger partial charge in [0.2, 0.25) is 0 Å². The number of aliphatic hydroxyl groups excluding tert-OH is 1. The maximum atomic E-state index is 10.3. The van der Waals surface area contributed by atoms with Crippen LogP contribution < -0.4 is 0 Å². The van der Waals surface area contributed by atoms with Gasteiger partial charge in [-0.3, -0.25) is 0 Å². The Morgan fingerprint density at radius 3 is 2.78 bits per heavy atom. The van der Waals surface area contributed by atoms with E-state index in [1.165, 1.54) is 10.5 Å². The van der Waals surface area contributed by atoms with E-state index in [0.717, 1.165) is 23.7 Å². The van der Waals surface area contributed by atoms with Crippen molar-refractivity contribution in [1.82, 2.24) is 0 Å². The van der Waals surface area contributed by atoms with Gasteiger partial charge in [0.05, 0.1) is 6.10 Å². The van der Waals surface area contributed by atoms with Gasteiger partial charge in [-0.05, 0) is 35.8 Å². The summed E-state index contributed by atoms with van der Waals surface area (Å²) < 4.78 is 0. The van der Waals surface area contributed by atoms with Crippen LogP contribution in [0.2, 0.25) is 0 Å². The van der Waals surface area contributed by atoms with Gasteiger partial charge in [-0.1, -0.05) is 31.2 Å². The molecule has 98 valence electrons. The summed E-state index contributed by atoms with van der Waals surface area (Å²) in [6, 6.07) is 10.4. The first-order valence-corrected chi connectivity index (χ1v) is 8.54. The van der Waals surface area contributed by atoms with Crippen molar-refractivity contribution in [2.45, 2.75) is 24.3 Å². The van der Waals surface area contributed by atoms with Gasteiger partial charge in [0.1, 0.15) is 0 Å². The van der Waals surface area contributed by atoms with Gasteiger partial charge in [0, 0.05) is 16.4 Å². The second-order valence-electron chi connectivity index (χ2n) is 4.65. The van der Waals surface area contributed by atoms with E-state index in [9.17, 15) is 5.11 Å². The van der Waals surface area contributed by atoms with Gasteiger partial charge in [-0.2, -0.15) is 11.8 Å². The van der Waals surface area contributed by atoms with Gasteiger partial charge in [0.25, 0.3) is 0 Å². The third-order valence-corrected chi connectivity index (χ3v) is 5.37. The van der Waals surface area contributed by atoms with E-state index in [1.54, 1.807) is 0 Å². The number of rotatable bonds is 5. The number of benzene rings is 1. The largest absolute Gasteiger partial charge is 0.388 e. The molecule has 1 aliphatic rings. The molecular formula is C15H20OS2. The highest BCUT2D eigenvalue weighted by Crippen LogP contribution is 2.27. The van der Waals surface area contributed by atoms with Gasteiger partial charge in [0.15, 0.2) is 0 Å². The highest BCUT2D eigenvalue weighted by molar-refractivity contribution is 7.99. The van der Waals surface area contributed by atoms with Crippen LogP contribution in [0.5, 0.6) is 0 Å². The molecule has 1 aromatic rings. The fourth-order valence-electron chi connectivity index (χ4n) is 2.01. The fourth-order valence-corrected chi connectivity index (χ4v) is 3.88. The summed E-state index contributed by atoms with van der Waals surface area (Å²) in [5.74, 6) is 3.49. The predicted octanol–water partition coefficient (Wildman–Crippen LogP) is 3.84. The molecule has 1 heterocycles. The Labute approximate surface area is 118 Å². The molecule has 18 heavy (non-hydrogen) atoms. The molecule has 0 saturated heterocycles. The van der Waals surface area contributed by atoms with Crippen molar-refractivity contribution in [2.75, 3.05) is 17.3 Å². The molecule has 1 aliphatic heterocycles. The Morgan fingerprint density at radius 2 is 2.11 bits per heavy atom. The lowest BCUT2D eigenvalue weighted by Crippen LogP contribution is -2.23. The fraction of sp³-hybridized carbons (Fsp3) is 0.467. The minimum Gasteiger partial charge on any atom is -0.388 e. The average molecular weight is 280 g/mol. The first kappa shape index (κ1) is 14.0.